The minimum atomic E-state index is -0.179. The summed E-state index contributed by atoms with van der Waals surface area (Å²) in [6.45, 7) is 11.5. The van der Waals surface area contributed by atoms with Crippen LogP contribution in [0.5, 0.6) is 0 Å². The van der Waals surface area contributed by atoms with Gasteiger partial charge in [-0.05, 0) is 42.5 Å². The standard InChI is InChI=1S/C17H28FNO/c1-13(2)7-8-20-12-16-9-15(5-6-17(16)18)11-19-10-14(3)4/h5-6,9,13-14,19H,7-8,10-12H2,1-4H3. The summed E-state index contributed by atoms with van der Waals surface area (Å²) in [4.78, 5) is 0. The molecule has 1 rings (SSSR count). The van der Waals surface area contributed by atoms with Gasteiger partial charge in [0.25, 0.3) is 0 Å². The Morgan fingerprint density at radius 2 is 1.90 bits per heavy atom. The Balaban J connectivity index is 2.44. The van der Waals surface area contributed by atoms with E-state index in [4.69, 9.17) is 4.74 Å². The van der Waals surface area contributed by atoms with E-state index in [-0.39, 0.29) is 5.82 Å². The quantitative estimate of drug-likeness (QED) is 0.687. The van der Waals surface area contributed by atoms with Gasteiger partial charge in [0.05, 0.1) is 6.61 Å². The highest BCUT2D eigenvalue weighted by Crippen LogP contribution is 2.13. The maximum atomic E-state index is 13.7. The number of nitrogens with one attached hydrogen (secondary N) is 1. The molecular weight excluding hydrogens is 253 g/mol. The third kappa shape index (κ3) is 7.01. The van der Waals surface area contributed by atoms with E-state index in [9.17, 15) is 4.39 Å². The first-order chi connectivity index (χ1) is 9.49. The molecule has 0 aliphatic carbocycles. The molecule has 0 atom stereocenters. The summed E-state index contributed by atoms with van der Waals surface area (Å²) >= 11 is 0. The van der Waals surface area contributed by atoms with Crippen LogP contribution < -0.4 is 5.32 Å². The topological polar surface area (TPSA) is 21.3 Å². The molecule has 2 nitrogen and oxygen atoms in total. The Bertz CT molecular complexity index is 391. The van der Waals surface area contributed by atoms with Gasteiger partial charge in [-0.3, -0.25) is 0 Å². The highest BCUT2D eigenvalue weighted by Gasteiger charge is 2.05. The van der Waals surface area contributed by atoms with Crippen LogP contribution in [0.4, 0.5) is 4.39 Å². The Morgan fingerprint density at radius 3 is 2.55 bits per heavy atom. The lowest BCUT2D eigenvalue weighted by molar-refractivity contribution is 0.108. The predicted octanol–water partition coefficient (Wildman–Crippen LogP) is 4.13. The Morgan fingerprint density at radius 1 is 1.15 bits per heavy atom. The zero-order valence-electron chi connectivity index (χ0n) is 13.2. The molecule has 1 aromatic carbocycles. The molecule has 0 saturated carbocycles. The van der Waals surface area contributed by atoms with Crippen molar-refractivity contribution in [3.8, 4) is 0 Å². The van der Waals surface area contributed by atoms with Crippen molar-refractivity contribution in [1.82, 2.24) is 5.32 Å². The molecule has 0 aliphatic heterocycles. The first-order valence-electron chi connectivity index (χ1n) is 7.54. The summed E-state index contributed by atoms with van der Waals surface area (Å²) in [6, 6.07) is 5.27. The van der Waals surface area contributed by atoms with E-state index in [1.165, 1.54) is 6.07 Å². The van der Waals surface area contributed by atoms with Crippen molar-refractivity contribution in [2.75, 3.05) is 13.2 Å². The molecule has 0 fully saturated rings. The van der Waals surface area contributed by atoms with Gasteiger partial charge in [-0.15, -0.1) is 0 Å². The average Bonchev–Trinajstić information content (AvgIpc) is 2.37. The minimum Gasteiger partial charge on any atom is -0.377 e. The lowest BCUT2D eigenvalue weighted by Crippen LogP contribution is -2.19. The number of benzene rings is 1. The molecule has 0 bridgehead atoms. The molecule has 0 amide bonds. The monoisotopic (exact) mass is 281 g/mol. The van der Waals surface area contributed by atoms with Crippen molar-refractivity contribution < 1.29 is 9.13 Å². The van der Waals surface area contributed by atoms with Gasteiger partial charge in [0.1, 0.15) is 5.82 Å². The van der Waals surface area contributed by atoms with Crippen LogP contribution in [-0.4, -0.2) is 13.2 Å². The maximum Gasteiger partial charge on any atom is 0.128 e. The maximum absolute atomic E-state index is 13.7. The molecular formula is C17H28FNO. The van der Waals surface area contributed by atoms with Gasteiger partial charge in [-0.2, -0.15) is 0 Å². The molecule has 3 heteroatoms. The lowest BCUT2D eigenvalue weighted by Gasteiger charge is -2.11. The second kappa shape index (κ2) is 9.09. The van der Waals surface area contributed by atoms with Gasteiger partial charge >= 0.3 is 0 Å². The van der Waals surface area contributed by atoms with E-state index < -0.39 is 0 Å². The van der Waals surface area contributed by atoms with Crippen molar-refractivity contribution >= 4 is 0 Å². The van der Waals surface area contributed by atoms with Gasteiger partial charge in [0, 0.05) is 18.7 Å². The molecule has 1 aromatic rings. The third-order valence-electron chi connectivity index (χ3n) is 3.09. The van der Waals surface area contributed by atoms with E-state index >= 15 is 0 Å². The number of hydrogen-bond acceptors (Lipinski definition) is 2. The Kier molecular flexibility index (Phi) is 7.78. The summed E-state index contributed by atoms with van der Waals surface area (Å²) in [5.74, 6) is 1.06. The second-order valence-corrected chi connectivity index (χ2v) is 6.19. The van der Waals surface area contributed by atoms with Crippen molar-refractivity contribution in [2.24, 2.45) is 11.8 Å². The molecule has 0 aliphatic rings. The first-order valence-corrected chi connectivity index (χ1v) is 7.54. The summed E-state index contributed by atoms with van der Waals surface area (Å²) in [7, 11) is 0. The summed E-state index contributed by atoms with van der Waals surface area (Å²) in [6.07, 6.45) is 1.01. The van der Waals surface area contributed by atoms with E-state index in [2.05, 4.69) is 33.0 Å². The SMILES string of the molecule is CC(C)CCOCc1cc(CNCC(C)C)ccc1F. The van der Waals surface area contributed by atoms with Crippen molar-refractivity contribution in [2.45, 2.75) is 47.3 Å². The molecule has 114 valence electrons. The fourth-order valence-corrected chi connectivity index (χ4v) is 1.85. The smallest absolute Gasteiger partial charge is 0.128 e. The Hall–Kier alpha value is -0.930. The molecule has 0 unspecified atom stereocenters. The summed E-state index contributed by atoms with van der Waals surface area (Å²) in [5.41, 5.74) is 1.76. The molecule has 0 spiro atoms. The van der Waals surface area contributed by atoms with Crippen LogP contribution in [0.2, 0.25) is 0 Å². The molecule has 20 heavy (non-hydrogen) atoms. The van der Waals surface area contributed by atoms with Gasteiger partial charge < -0.3 is 10.1 Å². The molecule has 1 N–H and O–H groups in total. The van der Waals surface area contributed by atoms with Crippen LogP contribution >= 0.6 is 0 Å². The number of rotatable bonds is 9. The van der Waals surface area contributed by atoms with Crippen molar-refractivity contribution in [3.05, 3.63) is 35.1 Å². The summed E-state index contributed by atoms with van der Waals surface area (Å²) < 4.78 is 19.3. The second-order valence-electron chi connectivity index (χ2n) is 6.19. The largest absolute Gasteiger partial charge is 0.377 e. The highest BCUT2D eigenvalue weighted by molar-refractivity contribution is 5.24. The van der Waals surface area contributed by atoms with Crippen LogP contribution in [0.25, 0.3) is 0 Å². The van der Waals surface area contributed by atoms with Crippen LogP contribution in [0, 0.1) is 17.7 Å². The highest BCUT2D eigenvalue weighted by atomic mass is 19.1. The van der Waals surface area contributed by atoms with E-state index in [1.54, 1.807) is 0 Å². The number of halogens is 1. The average molecular weight is 281 g/mol. The van der Waals surface area contributed by atoms with E-state index in [0.29, 0.717) is 30.6 Å². The van der Waals surface area contributed by atoms with Gasteiger partial charge in [0.15, 0.2) is 0 Å². The zero-order chi connectivity index (χ0) is 15.0. The summed E-state index contributed by atoms with van der Waals surface area (Å²) in [5, 5.41) is 3.37. The molecule has 0 saturated heterocycles. The van der Waals surface area contributed by atoms with Gasteiger partial charge in [-0.1, -0.05) is 33.8 Å². The zero-order valence-corrected chi connectivity index (χ0v) is 13.2. The molecule has 0 heterocycles. The molecule has 0 radical (unpaired) electrons. The first kappa shape index (κ1) is 17.1. The third-order valence-corrected chi connectivity index (χ3v) is 3.09. The van der Waals surface area contributed by atoms with Crippen molar-refractivity contribution in [1.29, 1.82) is 0 Å². The van der Waals surface area contributed by atoms with E-state index in [1.807, 2.05) is 12.1 Å². The fraction of sp³-hybridized carbons (Fsp3) is 0.647. The number of ether oxygens (including phenoxy) is 1. The molecule has 0 aromatic heterocycles. The fourth-order valence-electron chi connectivity index (χ4n) is 1.85. The van der Waals surface area contributed by atoms with Gasteiger partial charge in [-0.25, -0.2) is 4.39 Å². The minimum absolute atomic E-state index is 0.179. The lowest BCUT2D eigenvalue weighted by atomic mass is 10.1. The normalized spacial score (nSPS) is 11.6. The van der Waals surface area contributed by atoms with E-state index in [0.717, 1.165) is 25.1 Å². The predicted molar refractivity (Wildman–Crippen MR) is 82.1 cm³/mol. The van der Waals surface area contributed by atoms with Crippen LogP contribution in [0.15, 0.2) is 18.2 Å². The Labute approximate surface area is 122 Å². The van der Waals surface area contributed by atoms with Crippen LogP contribution in [0.1, 0.15) is 45.2 Å². The van der Waals surface area contributed by atoms with Crippen LogP contribution in [-0.2, 0) is 17.9 Å². The van der Waals surface area contributed by atoms with Crippen molar-refractivity contribution in [3.63, 3.8) is 0 Å². The van der Waals surface area contributed by atoms with Crippen LogP contribution in [0.3, 0.4) is 0 Å². The number of hydrogen-bond donors (Lipinski definition) is 1. The van der Waals surface area contributed by atoms with Gasteiger partial charge in [0.2, 0.25) is 0 Å².